The summed E-state index contributed by atoms with van der Waals surface area (Å²) in [5, 5.41) is 9.03. The molecule has 1 aromatic rings. The number of aldehydes is 1. The van der Waals surface area contributed by atoms with Gasteiger partial charge in [0.1, 0.15) is 12.0 Å². The Hall–Kier alpha value is -1.55. The van der Waals surface area contributed by atoms with E-state index in [1.807, 2.05) is 0 Å². The normalized spacial score (nSPS) is 11.9. The molecule has 86 valence electrons. The number of hydrogen-bond acceptors (Lipinski definition) is 3. The maximum Gasteiger partial charge on any atom is 0.344 e. The van der Waals surface area contributed by atoms with Gasteiger partial charge in [-0.05, 0) is 24.6 Å². The minimum atomic E-state index is -1.04. The minimum Gasteiger partial charge on any atom is -0.479 e. The summed E-state index contributed by atoms with van der Waals surface area (Å²) in [6, 6.07) is 4.43. The molecule has 0 fully saturated rings. The number of benzene rings is 1. The Morgan fingerprint density at radius 3 is 2.75 bits per heavy atom. The number of carboxylic acid groups (broad SMARTS) is 1. The predicted octanol–water partition coefficient (Wildman–Crippen LogP) is 2.39. The van der Waals surface area contributed by atoms with Crippen molar-refractivity contribution in [3.05, 3.63) is 28.8 Å². The van der Waals surface area contributed by atoms with Crippen LogP contribution in [0.4, 0.5) is 0 Å². The molecular formula is C11H11ClO4. The Bertz CT molecular complexity index is 403. The molecule has 0 saturated carbocycles. The van der Waals surface area contributed by atoms with Gasteiger partial charge in [0.05, 0.1) is 5.02 Å². The Labute approximate surface area is 97.8 Å². The summed E-state index contributed by atoms with van der Waals surface area (Å²) in [4.78, 5) is 21.2. The molecule has 1 rings (SSSR count). The summed E-state index contributed by atoms with van der Waals surface area (Å²) in [5.41, 5.74) is 0.417. The molecule has 16 heavy (non-hydrogen) atoms. The van der Waals surface area contributed by atoms with Crippen molar-refractivity contribution < 1.29 is 19.4 Å². The van der Waals surface area contributed by atoms with Gasteiger partial charge in [0.15, 0.2) is 6.10 Å². The molecular weight excluding hydrogens is 232 g/mol. The van der Waals surface area contributed by atoms with Crippen LogP contribution in [0.5, 0.6) is 5.75 Å². The molecule has 0 radical (unpaired) electrons. The SMILES string of the molecule is CCC(Oc1ccc(C=O)cc1Cl)C(=O)O. The van der Waals surface area contributed by atoms with E-state index in [0.29, 0.717) is 18.3 Å². The zero-order valence-electron chi connectivity index (χ0n) is 8.64. The van der Waals surface area contributed by atoms with E-state index in [4.69, 9.17) is 21.4 Å². The first-order valence-corrected chi connectivity index (χ1v) is 5.10. The lowest BCUT2D eigenvalue weighted by molar-refractivity contribution is -0.145. The Morgan fingerprint density at radius 2 is 2.31 bits per heavy atom. The van der Waals surface area contributed by atoms with Crippen molar-refractivity contribution in [2.24, 2.45) is 0 Å². The van der Waals surface area contributed by atoms with Gasteiger partial charge in [0.25, 0.3) is 0 Å². The van der Waals surface area contributed by atoms with Crippen LogP contribution in [-0.4, -0.2) is 23.5 Å². The number of carboxylic acids is 1. The molecule has 0 spiro atoms. The minimum absolute atomic E-state index is 0.226. The van der Waals surface area contributed by atoms with Crippen molar-refractivity contribution in [3.8, 4) is 5.75 Å². The van der Waals surface area contributed by atoms with Gasteiger partial charge in [-0.2, -0.15) is 0 Å². The van der Waals surface area contributed by atoms with Crippen molar-refractivity contribution in [2.45, 2.75) is 19.4 Å². The van der Waals surface area contributed by atoms with Crippen LogP contribution in [0.2, 0.25) is 5.02 Å². The Morgan fingerprint density at radius 1 is 1.62 bits per heavy atom. The van der Waals surface area contributed by atoms with Gasteiger partial charge in [0, 0.05) is 5.56 Å². The summed E-state index contributed by atoms with van der Waals surface area (Å²) in [6.45, 7) is 1.70. The molecule has 1 atom stereocenters. The standard InChI is InChI=1S/C11H11ClO4/c1-2-9(11(14)15)16-10-4-3-7(6-13)5-8(10)12/h3-6,9H,2H2,1H3,(H,14,15). The highest BCUT2D eigenvalue weighted by Gasteiger charge is 2.18. The fourth-order valence-corrected chi connectivity index (χ4v) is 1.38. The number of carbonyl (C=O) groups is 2. The summed E-state index contributed by atoms with van der Waals surface area (Å²) in [7, 11) is 0. The van der Waals surface area contributed by atoms with Gasteiger partial charge in [-0.25, -0.2) is 4.79 Å². The zero-order chi connectivity index (χ0) is 12.1. The molecule has 0 amide bonds. The fourth-order valence-electron chi connectivity index (χ4n) is 1.15. The molecule has 4 nitrogen and oxygen atoms in total. The van der Waals surface area contributed by atoms with E-state index in [9.17, 15) is 9.59 Å². The van der Waals surface area contributed by atoms with Crippen LogP contribution in [0.3, 0.4) is 0 Å². The number of hydrogen-bond donors (Lipinski definition) is 1. The third-order valence-electron chi connectivity index (χ3n) is 2.01. The van der Waals surface area contributed by atoms with Crippen LogP contribution < -0.4 is 4.74 Å². The van der Waals surface area contributed by atoms with E-state index in [1.54, 1.807) is 6.92 Å². The quantitative estimate of drug-likeness (QED) is 0.806. The molecule has 0 aromatic heterocycles. The first-order chi connectivity index (χ1) is 7.58. The van der Waals surface area contributed by atoms with Crippen LogP contribution in [-0.2, 0) is 4.79 Å². The lowest BCUT2D eigenvalue weighted by atomic mass is 10.2. The van der Waals surface area contributed by atoms with Crippen LogP contribution in [0, 0.1) is 0 Å². The highest BCUT2D eigenvalue weighted by Crippen LogP contribution is 2.26. The fraction of sp³-hybridized carbons (Fsp3) is 0.273. The largest absolute Gasteiger partial charge is 0.479 e. The second-order valence-electron chi connectivity index (χ2n) is 3.16. The van der Waals surface area contributed by atoms with Crippen molar-refractivity contribution in [1.29, 1.82) is 0 Å². The van der Waals surface area contributed by atoms with Crippen molar-refractivity contribution >= 4 is 23.9 Å². The van der Waals surface area contributed by atoms with Gasteiger partial charge in [-0.1, -0.05) is 18.5 Å². The predicted molar refractivity (Wildman–Crippen MR) is 59.2 cm³/mol. The first-order valence-electron chi connectivity index (χ1n) is 4.72. The topological polar surface area (TPSA) is 63.6 Å². The molecule has 0 aliphatic rings. The maximum atomic E-state index is 10.7. The van der Waals surface area contributed by atoms with Gasteiger partial charge >= 0.3 is 5.97 Å². The van der Waals surface area contributed by atoms with Gasteiger partial charge in [0.2, 0.25) is 0 Å². The molecule has 1 N–H and O–H groups in total. The average Bonchev–Trinajstić information content (AvgIpc) is 2.26. The average molecular weight is 243 g/mol. The van der Waals surface area contributed by atoms with Gasteiger partial charge in [-0.3, -0.25) is 4.79 Å². The summed E-state index contributed by atoms with van der Waals surface area (Å²) in [5.74, 6) is -0.778. The second-order valence-corrected chi connectivity index (χ2v) is 3.57. The van der Waals surface area contributed by atoms with Gasteiger partial charge < -0.3 is 9.84 Å². The number of carbonyl (C=O) groups excluding carboxylic acids is 1. The molecule has 0 bridgehead atoms. The van der Waals surface area contributed by atoms with Crippen molar-refractivity contribution in [3.63, 3.8) is 0 Å². The molecule has 0 aliphatic carbocycles. The van der Waals surface area contributed by atoms with Crippen molar-refractivity contribution in [2.75, 3.05) is 0 Å². The smallest absolute Gasteiger partial charge is 0.344 e. The lowest BCUT2D eigenvalue weighted by Crippen LogP contribution is -2.26. The molecule has 0 heterocycles. The highest BCUT2D eigenvalue weighted by atomic mass is 35.5. The second kappa shape index (κ2) is 5.51. The summed E-state index contributed by atoms with van der Waals surface area (Å²) < 4.78 is 5.21. The monoisotopic (exact) mass is 242 g/mol. The molecule has 1 aromatic carbocycles. The highest BCUT2D eigenvalue weighted by molar-refractivity contribution is 6.32. The molecule has 0 aliphatic heterocycles. The van der Waals surface area contributed by atoms with E-state index in [1.165, 1.54) is 18.2 Å². The molecule has 5 heteroatoms. The number of halogens is 1. The van der Waals surface area contributed by atoms with E-state index in [0.717, 1.165) is 0 Å². The van der Waals surface area contributed by atoms with Crippen LogP contribution in [0.25, 0.3) is 0 Å². The van der Waals surface area contributed by atoms with E-state index >= 15 is 0 Å². The third kappa shape index (κ3) is 2.97. The van der Waals surface area contributed by atoms with E-state index < -0.39 is 12.1 Å². The summed E-state index contributed by atoms with van der Waals surface area (Å²) in [6.07, 6.45) is 0.0604. The Kier molecular flexibility index (Phi) is 4.31. The summed E-state index contributed by atoms with van der Waals surface area (Å²) >= 11 is 5.84. The van der Waals surface area contributed by atoms with Crippen molar-refractivity contribution in [1.82, 2.24) is 0 Å². The zero-order valence-corrected chi connectivity index (χ0v) is 9.40. The van der Waals surface area contributed by atoms with Crippen LogP contribution >= 0.6 is 11.6 Å². The van der Waals surface area contributed by atoms with E-state index in [-0.39, 0.29) is 10.8 Å². The number of ether oxygens (including phenoxy) is 1. The van der Waals surface area contributed by atoms with Crippen LogP contribution in [0.1, 0.15) is 23.7 Å². The number of rotatable bonds is 5. The first kappa shape index (κ1) is 12.5. The third-order valence-corrected chi connectivity index (χ3v) is 2.30. The molecule has 1 unspecified atom stereocenters. The lowest BCUT2D eigenvalue weighted by Gasteiger charge is -2.14. The van der Waals surface area contributed by atoms with E-state index in [2.05, 4.69) is 0 Å². The van der Waals surface area contributed by atoms with Gasteiger partial charge in [-0.15, -0.1) is 0 Å². The molecule has 0 saturated heterocycles. The Balaban J connectivity index is 2.88. The maximum absolute atomic E-state index is 10.7. The number of aliphatic carboxylic acids is 1. The van der Waals surface area contributed by atoms with Crippen LogP contribution in [0.15, 0.2) is 18.2 Å².